The molecule has 5 heteroatoms. The van der Waals surface area contributed by atoms with Crippen molar-refractivity contribution in [2.24, 2.45) is 0 Å². The van der Waals surface area contributed by atoms with Crippen molar-refractivity contribution in [3.05, 3.63) is 0 Å². The molecule has 2 atom stereocenters. The van der Waals surface area contributed by atoms with E-state index in [9.17, 15) is 4.79 Å². The van der Waals surface area contributed by atoms with Crippen molar-refractivity contribution < 1.29 is 19.4 Å². The Balaban J connectivity index is 2.56. The third-order valence-electron chi connectivity index (χ3n) is 2.00. The topological polar surface area (TPSA) is 55.8 Å². The Morgan fingerprint density at radius 1 is 1.50 bits per heavy atom. The Morgan fingerprint density at radius 3 is 2.57 bits per heavy atom. The highest BCUT2D eigenvalue weighted by molar-refractivity contribution is 6.18. The fourth-order valence-corrected chi connectivity index (χ4v) is 1.82. The monoisotopic (exact) mass is 222 g/mol. The SMILES string of the molecule is CC1(C)O[C@H](CCl)C[C@@H](CC(=O)O)O1. The second-order valence-electron chi connectivity index (χ2n) is 3.87. The Hall–Kier alpha value is -0.320. The van der Waals surface area contributed by atoms with Gasteiger partial charge in [-0.1, -0.05) is 0 Å². The summed E-state index contributed by atoms with van der Waals surface area (Å²) in [6.07, 6.45) is 0.115. The van der Waals surface area contributed by atoms with Crippen LogP contribution in [0.3, 0.4) is 0 Å². The first-order valence-corrected chi connectivity index (χ1v) is 5.10. The van der Waals surface area contributed by atoms with Crippen molar-refractivity contribution in [1.82, 2.24) is 0 Å². The standard InChI is InChI=1S/C9H15ClO4/c1-9(2)13-6(4-8(11)12)3-7(5-10)14-9/h6-7H,3-5H2,1-2H3,(H,11,12)/t6-,7-/m0/s1. The summed E-state index contributed by atoms with van der Waals surface area (Å²) in [4.78, 5) is 10.5. The van der Waals surface area contributed by atoms with Gasteiger partial charge >= 0.3 is 5.97 Å². The van der Waals surface area contributed by atoms with E-state index in [-0.39, 0.29) is 18.6 Å². The van der Waals surface area contributed by atoms with Crippen molar-refractivity contribution in [1.29, 1.82) is 0 Å². The largest absolute Gasteiger partial charge is 0.481 e. The molecule has 1 heterocycles. The smallest absolute Gasteiger partial charge is 0.305 e. The Kier molecular flexibility index (Phi) is 3.75. The van der Waals surface area contributed by atoms with Crippen LogP contribution in [0.15, 0.2) is 0 Å². The van der Waals surface area contributed by atoms with Gasteiger partial charge in [-0.2, -0.15) is 0 Å². The van der Waals surface area contributed by atoms with E-state index < -0.39 is 11.8 Å². The number of hydrogen-bond donors (Lipinski definition) is 1. The quantitative estimate of drug-likeness (QED) is 0.738. The molecule has 0 aromatic heterocycles. The maximum atomic E-state index is 10.5. The van der Waals surface area contributed by atoms with Crippen LogP contribution in [-0.2, 0) is 14.3 Å². The van der Waals surface area contributed by atoms with Crippen LogP contribution in [0, 0.1) is 0 Å². The van der Waals surface area contributed by atoms with E-state index in [4.69, 9.17) is 26.2 Å². The van der Waals surface area contributed by atoms with E-state index in [0.717, 1.165) is 0 Å². The minimum atomic E-state index is -0.860. The predicted molar refractivity (Wildman–Crippen MR) is 51.4 cm³/mol. The molecule has 0 radical (unpaired) electrons. The van der Waals surface area contributed by atoms with Crippen molar-refractivity contribution in [3.8, 4) is 0 Å². The van der Waals surface area contributed by atoms with Gasteiger partial charge in [-0.05, 0) is 13.8 Å². The van der Waals surface area contributed by atoms with Gasteiger partial charge in [0.25, 0.3) is 0 Å². The van der Waals surface area contributed by atoms with Gasteiger partial charge in [0.1, 0.15) is 0 Å². The van der Waals surface area contributed by atoms with Crippen molar-refractivity contribution in [2.45, 2.75) is 44.7 Å². The zero-order valence-electron chi connectivity index (χ0n) is 8.33. The van der Waals surface area contributed by atoms with Crippen LogP contribution in [0.2, 0.25) is 0 Å². The van der Waals surface area contributed by atoms with E-state index in [1.165, 1.54) is 0 Å². The molecule has 1 N–H and O–H groups in total. The maximum absolute atomic E-state index is 10.5. The molecule has 14 heavy (non-hydrogen) atoms. The first-order valence-electron chi connectivity index (χ1n) is 4.56. The molecular weight excluding hydrogens is 208 g/mol. The number of hydrogen-bond acceptors (Lipinski definition) is 3. The number of rotatable bonds is 3. The molecule has 0 unspecified atom stereocenters. The van der Waals surface area contributed by atoms with Gasteiger partial charge in [0.05, 0.1) is 18.6 Å². The summed E-state index contributed by atoms with van der Waals surface area (Å²) in [7, 11) is 0. The van der Waals surface area contributed by atoms with Gasteiger partial charge < -0.3 is 14.6 Å². The lowest BCUT2D eigenvalue weighted by Gasteiger charge is -2.39. The number of aliphatic carboxylic acids is 1. The summed E-state index contributed by atoms with van der Waals surface area (Å²) < 4.78 is 10.9. The van der Waals surface area contributed by atoms with Crippen LogP contribution in [0.5, 0.6) is 0 Å². The van der Waals surface area contributed by atoms with Gasteiger partial charge in [0.15, 0.2) is 5.79 Å². The molecule has 0 aliphatic carbocycles. The molecule has 0 saturated carbocycles. The van der Waals surface area contributed by atoms with Crippen LogP contribution in [0.4, 0.5) is 0 Å². The number of carbonyl (C=O) groups is 1. The summed E-state index contributed by atoms with van der Waals surface area (Å²) in [5.41, 5.74) is 0. The summed E-state index contributed by atoms with van der Waals surface area (Å²) in [6.45, 7) is 3.53. The normalized spacial score (nSPS) is 31.4. The number of carboxylic acids is 1. The molecule has 4 nitrogen and oxygen atoms in total. The Morgan fingerprint density at radius 2 is 2.07 bits per heavy atom. The zero-order valence-corrected chi connectivity index (χ0v) is 9.08. The van der Waals surface area contributed by atoms with Gasteiger partial charge in [-0.3, -0.25) is 4.79 Å². The second-order valence-corrected chi connectivity index (χ2v) is 4.18. The molecule has 1 fully saturated rings. The molecule has 0 amide bonds. The highest BCUT2D eigenvalue weighted by Gasteiger charge is 2.35. The minimum Gasteiger partial charge on any atom is -0.481 e. The molecule has 0 aromatic carbocycles. The number of ether oxygens (including phenoxy) is 2. The van der Waals surface area contributed by atoms with Gasteiger partial charge in [-0.15, -0.1) is 11.6 Å². The first-order chi connectivity index (χ1) is 6.43. The molecule has 0 bridgehead atoms. The summed E-state index contributed by atoms with van der Waals surface area (Å²) >= 11 is 5.68. The molecule has 0 spiro atoms. The minimum absolute atomic E-state index is 0.000177. The number of alkyl halides is 1. The second kappa shape index (κ2) is 4.47. The fourth-order valence-electron chi connectivity index (χ4n) is 1.63. The van der Waals surface area contributed by atoms with E-state index in [0.29, 0.717) is 12.3 Å². The molecule has 1 aliphatic rings. The third-order valence-corrected chi connectivity index (χ3v) is 2.35. The average Bonchev–Trinajstić information content (AvgIpc) is 1.99. The van der Waals surface area contributed by atoms with Crippen LogP contribution in [0.1, 0.15) is 26.7 Å². The summed E-state index contributed by atoms with van der Waals surface area (Å²) in [5, 5.41) is 8.64. The number of halogens is 1. The average molecular weight is 223 g/mol. The summed E-state index contributed by atoms with van der Waals surface area (Å²) in [6, 6.07) is 0. The predicted octanol–water partition coefficient (Wildman–Crippen LogP) is 1.61. The maximum Gasteiger partial charge on any atom is 0.305 e. The van der Waals surface area contributed by atoms with Crippen molar-refractivity contribution in [2.75, 3.05) is 5.88 Å². The van der Waals surface area contributed by atoms with Crippen molar-refractivity contribution >= 4 is 17.6 Å². The molecule has 0 aromatic rings. The number of carboxylic acid groups (broad SMARTS) is 1. The Labute approximate surface area is 88.1 Å². The van der Waals surface area contributed by atoms with Crippen LogP contribution in [-0.4, -0.2) is 35.0 Å². The van der Waals surface area contributed by atoms with Crippen LogP contribution >= 0.6 is 11.6 Å². The van der Waals surface area contributed by atoms with Crippen LogP contribution < -0.4 is 0 Å². The highest BCUT2D eigenvalue weighted by atomic mass is 35.5. The molecular formula is C9H15ClO4. The van der Waals surface area contributed by atoms with E-state index in [2.05, 4.69) is 0 Å². The van der Waals surface area contributed by atoms with Crippen molar-refractivity contribution in [3.63, 3.8) is 0 Å². The van der Waals surface area contributed by atoms with Gasteiger partial charge in [-0.25, -0.2) is 0 Å². The highest BCUT2D eigenvalue weighted by Crippen LogP contribution is 2.28. The third kappa shape index (κ3) is 3.44. The van der Waals surface area contributed by atoms with E-state index in [1.807, 2.05) is 0 Å². The summed E-state index contributed by atoms with van der Waals surface area (Å²) in [5.74, 6) is -1.23. The lowest BCUT2D eigenvalue weighted by Crippen LogP contribution is -2.45. The fraction of sp³-hybridized carbons (Fsp3) is 0.889. The van der Waals surface area contributed by atoms with E-state index >= 15 is 0 Å². The zero-order chi connectivity index (χ0) is 10.8. The molecule has 1 aliphatic heterocycles. The van der Waals surface area contributed by atoms with E-state index in [1.54, 1.807) is 13.8 Å². The van der Waals surface area contributed by atoms with Gasteiger partial charge in [0.2, 0.25) is 0 Å². The van der Waals surface area contributed by atoms with Gasteiger partial charge in [0, 0.05) is 12.3 Å². The Bertz CT molecular complexity index is 217. The van der Waals surface area contributed by atoms with Crippen LogP contribution in [0.25, 0.3) is 0 Å². The lowest BCUT2D eigenvalue weighted by atomic mass is 10.1. The first kappa shape index (κ1) is 11.8. The molecule has 1 rings (SSSR count). The molecule has 1 saturated heterocycles. The molecule has 82 valence electrons. The lowest BCUT2D eigenvalue weighted by molar-refractivity contribution is -0.295.